The van der Waals surface area contributed by atoms with Crippen LogP contribution in [0.3, 0.4) is 0 Å². The molecule has 0 aliphatic heterocycles. The van der Waals surface area contributed by atoms with Crippen molar-refractivity contribution in [2.75, 3.05) is 39.6 Å². The average molecular weight is 1550 g/mol. The SMILES string of the molecule is CCCCCCCCCCCCCCCCCCCCCCCCC(=O)O[C@H](COC(=O)CCCCCCCCCCCCCCCCCCCCCCC)COP(=O)(O)OC[C@@H](O)COP(=O)(O)OC[C@@H](COC(=O)CCCCCCC)OC(=O)CCCCCCCCCCCCCCCCCC(C)C. The Labute approximate surface area is 651 Å². The van der Waals surface area contributed by atoms with Crippen LogP contribution in [0.2, 0.25) is 0 Å². The quantitative estimate of drug-likeness (QED) is 0.0222. The van der Waals surface area contributed by atoms with E-state index in [0.29, 0.717) is 25.7 Å². The second-order valence-corrected chi connectivity index (χ2v) is 34.7. The van der Waals surface area contributed by atoms with Gasteiger partial charge in [0.05, 0.1) is 26.4 Å². The third kappa shape index (κ3) is 80.1. The maximum absolute atomic E-state index is 13.1. The number of carbonyl (C=O) groups is 4. The normalized spacial score (nSPS) is 13.7. The van der Waals surface area contributed by atoms with E-state index in [1.165, 1.54) is 289 Å². The largest absolute Gasteiger partial charge is 0.472 e. The highest BCUT2D eigenvalue weighted by Crippen LogP contribution is 2.45. The number of phosphoric acid groups is 2. The molecule has 0 amide bonds. The van der Waals surface area contributed by atoms with Crippen LogP contribution in [-0.4, -0.2) is 96.7 Å². The lowest BCUT2D eigenvalue weighted by Gasteiger charge is -2.21. The van der Waals surface area contributed by atoms with Crippen molar-refractivity contribution < 1.29 is 80.2 Å². The first-order chi connectivity index (χ1) is 51.5. The molecule has 0 aliphatic carbocycles. The van der Waals surface area contributed by atoms with Crippen molar-refractivity contribution in [3.63, 3.8) is 0 Å². The molecule has 0 spiro atoms. The summed E-state index contributed by atoms with van der Waals surface area (Å²) in [4.78, 5) is 72.9. The van der Waals surface area contributed by atoms with Gasteiger partial charge in [-0.25, -0.2) is 9.13 Å². The predicted molar refractivity (Wildman–Crippen MR) is 437 cm³/mol. The third-order valence-corrected chi connectivity index (χ3v) is 22.4. The van der Waals surface area contributed by atoms with Gasteiger partial charge < -0.3 is 33.8 Å². The van der Waals surface area contributed by atoms with Gasteiger partial charge in [0.1, 0.15) is 19.3 Å². The summed E-state index contributed by atoms with van der Waals surface area (Å²) in [5, 5.41) is 10.6. The summed E-state index contributed by atoms with van der Waals surface area (Å²) >= 11 is 0. The maximum atomic E-state index is 13.1. The van der Waals surface area contributed by atoms with Crippen LogP contribution in [-0.2, 0) is 65.4 Å². The molecule has 0 radical (unpaired) electrons. The van der Waals surface area contributed by atoms with Gasteiger partial charge in [-0.05, 0) is 31.6 Å². The van der Waals surface area contributed by atoms with Crippen LogP contribution < -0.4 is 0 Å². The number of carbonyl (C=O) groups excluding carboxylic acids is 4. The topological polar surface area (TPSA) is 237 Å². The summed E-state index contributed by atoms with van der Waals surface area (Å²) in [7, 11) is -9.92. The van der Waals surface area contributed by atoms with Gasteiger partial charge in [-0.15, -0.1) is 0 Å². The number of unbranched alkanes of at least 4 members (excludes halogenated alkanes) is 59. The molecule has 2 unspecified atom stereocenters. The van der Waals surface area contributed by atoms with Crippen molar-refractivity contribution in [2.24, 2.45) is 5.92 Å². The molecule has 17 nitrogen and oxygen atoms in total. The molecule has 0 aliphatic rings. The number of aliphatic hydroxyl groups is 1. The lowest BCUT2D eigenvalue weighted by molar-refractivity contribution is -0.161. The van der Waals surface area contributed by atoms with Crippen molar-refractivity contribution in [3.05, 3.63) is 0 Å². The molecule has 5 atom stereocenters. The van der Waals surface area contributed by atoms with E-state index in [2.05, 4.69) is 34.6 Å². The van der Waals surface area contributed by atoms with E-state index < -0.39 is 97.5 Å². The van der Waals surface area contributed by atoms with E-state index >= 15 is 0 Å². The first kappa shape index (κ1) is 104. The summed E-state index contributed by atoms with van der Waals surface area (Å²) in [6.07, 6.45) is 74.3. The molecule has 0 aromatic rings. The molecule has 0 heterocycles. The number of hydrogen-bond acceptors (Lipinski definition) is 15. The highest BCUT2D eigenvalue weighted by Gasteiger charge is 2.30. The highest BCUT2D eigenvalue weighted by molar-refractivity contribution is 7.47. The molecule has 0 saturated heterocycles. The molecule has 0 fully saturated rings. The molecule has 0 saturated carbocycles. The Hall–Kier alpha value is -1.94. The van der Waals surface area contributed by atoms with Gasteiger partial charge in [-0.2, -0.15) is 0 Å². The fourth-order valence-electron chi connectivity index (χ4n) is 13.6. The van der Waals surface area contributed by atoms with Gasteiger partial charge in [0.25, 0.3) is 0 Å². The molecular formula is C87H170O17P2. The number of esters is 4. The number of rotatable bonds is 87. The Morgan fingerprint density at radius 1 is 0.255 bits per heavy atom. The summed E-state index contributed by atoms with van der Waals surface area (Å²) in [5.74, 6) is -1.31. The standard InChI is InChI=1S/C87H170O17P2/c1-6-9-12-15-17-19-21-23-25-27-29-31-33-35-37-41-45-49-53-57-62-68-73-87(92)104-83(77-98-85(90)71-66-61-56-52-48-44-40-36-34-32-30-28-26-24-22-20-18-16-13-10-7-2)79-102-106(95,96)100-75-81(88)74-99-105(93,94)101-78-82(76-97-84(89)70-65-59-14-11-8-3)103-86(91)72-67-63-58-54-50-46-42-38-39-43-47-51-55-60-64-69-80(4)5/h80-83,88H,6-79H2,1-5H3,(H,93,94)(H,95,96)/t81-,82+,83+/m0/s1. The van der Waals surface area contributed by atoms with Gasteiger partial charge in [-0.1, -0.05) is 420 Å². The number of phosphoric ester groups is 2. The van der Waals surface area contributed by atoms with Gasteiger partial charge in [0.15, 0.2) is 12.2 Å². The molecule has 19 heteroatoms. The minimum atomic E-state index is -4.96. The number of ether oxygens (including phenoxy) is 4. The van der Waals surface area contributed by atoms with E-state index in [1.807, 2.05) is 0 Å². The van der Waals surface area contributed by atoms with Crippen LogP contribution in [0.25, 0.3) is 0 Å². The Bertz CT molecular complexity index is 2010. The molecule has 0 aromatic heterocycles. The second-order valence-electron chi connectivity index (χ2n) is 31.8. The Balaban J connectivity index is 5.09. The predicted octanol–water partition coefficient (Wildman–Crippen LogP) is 26.8. The molecular weight excluding hydrogens is 1380 g/mol. The van der Waals surface area contributed by atoms with E-state index in [-0.39, 0.29) is 25.7 Å². The van der Waals surface area contributed by atoms with E-state index in [1.54, 1.807) is 0 Å². The van der Waals surface area contributed by atoms with Crippen LogP contribution in [0.5, 0.6) is 0 Å². The Morgan fingerprint density at radius 3 is 0.642 bits per heavy atom. The Morgan fingerprint density at radius 2 is 0.434 bits per heavy atom. The van der Waals surface area contributed by atoms with Crippen LogP contribution >= 0.6 is 15.6 Å². The second kappa shape index (κ2) is 79.7. The maximum Gasteiger partial charge on any atom is 0.472 e. The first-order valence-electron chi connectivity index (χ1n) is 45.1. The van der Waals surface area contributed by atoms with Crippen molar-refractivity contribution in [1.29, 1.82) is 0 Å². The molecule has 106 heavy (non-hydrogen) atoms. The zero-order valence-electron chi connectivity index (χ0n) is 69.6. The van der Waals surface area contributed by atoms with Crippen LogP contribution in [0.15, 0.2) is 0 Å². The van der Waals surface area contributed by atoms with Crippen molar-refractivity contribution in [3.8, 4) is 0 Å². The molecule has 0 bridgehead atoms. The lowest BCUT2D eigenvalue weighted by Crippen LogP contribution is -2.30. The van der Waals surface area contributed by atoms with Gasteiger partial charge in [0, 0.05) is 25.7 Å². The van der Waals surface area contributed by atoms with E-state index in [0.717, 1.165) is 102 Å². The third-order valence-electron chi connectivity index (χ3n) is 20.5. The number of aliphatic hydroxyl groups excluding tert-OH is 1. The zero-order chi connectivity index (χ0) is 77.6. The smallest absolute Gasteiger partial charge is 0.462 e. The monoisotopic (exact) mass is 1550 g/mol. The highest BCUT2D eigenvalue weighted by atomic mass is 31.2. The van der Waals surface area contributed by atoms with Gasteiger partial charge in [0.2, 0.25) is 0 Å². The van der Waals surface area contributed by atoms with E-state index in [4.69, 9.17) is 37.0 Å². The summed E-state index contributed by atoms with van der Waals surface area (Å²) in [6, 6.07) is 0. The van der Waals surface area contributed by atoms with E-state index in [9.17, 15) is 43.2 Å². The minimum absolute atomic E-state index is 0.107. The van der Waals surface area contributed by atoms with Crippen molar-refractivity contribution >= 4 is 39.5 Å². The fourth-order valence-corrected chi connectivity index (χ4v) is 15.2. The zero-order valence-corrected chi connectivity index (χ0v) is 71.4. The van der Waals surface area contributed by atoms with Gasteiger partial charge >= 0.3 is 39.5 Å². The Kier molecular flexibility index (Phi) is 78.2. The molecule has 3 N–H and O–H groups in total. The molecule has 630 valence electrons. The lowest BCUT2D eigenvalue weighted by atomic mass is 10.0. The van der Waals surface area contributed by atoms with Crippen molar-refractivity contribution in [1.82, 2.24) is 0 Å². The van der Waals surface area contributed by atoms with Crippen LogP contribution in [0.4, 0.5) is 0 Å². The van der Waals surface area contributed by atoms with Crippen LogP contribution in [0, 0.1) is 5.92 Å². The number of hydrogen-bond donors (Lipinski definition) is 3. The van der Waals surface area contributed by atoms with Crippen molar-refractivity contribution in [2.45, 2.75) is 490 Å². The molecule has 0 rings (SSSR count). The summed E-state index contributed by atoms with van der Waals surface area (Å²) in [5.41, 5.74) is 0. The van der Waals surface area contributed by atoms with Crippen LogP contribution in [0.1, 0.15) is 471 Å². The first-order valence-corrected chi connectivity index (χ1v) is 48.1. The fraction of sp³-hybridized carbons (Fsp3) is 0.954. The molecule has 0 aromatic carbocycles. The minimum Gasteiger partial charge on any atom is -0.462 e. The average Bonchev–Trinajstić information content (AvgIpc) is 0.902. The summed E-state index contributed by atoms with van der Waals surface area (Å²) in [6.45, 7) is 7.29. The van der Waals surface area contributed by atoms with Gasteiger partial charge in [-0.3, -0.25) is 37.3 Å². The summed E-state index contributed by atoms with van der Waals surface area (Å²) < 4.78 is 68.7.